The number of furan rings is 1. The lowest BCUT2D eigenvalue weighted by Gasteiger charge is -2.23. The fraction of sp³-hybridized carbons (Fsp3) is 0.545. The highest BCUT2D eigenvalue weighted by Gasteiger charge is 2.41. The number of Topliss-reactive ketones (excluding diaryl/α,β-unsaturated/α-hetero) is 1. The van der Waals surface area contributed by atoms with Crippen LogP contribution in [0.2, 0.25) is 0 Å². The fourth-order valence-electron chi connectivity index (χ4n) is 2.24. The summed E-state index contributed by atoms with van der Waals surface area (Å²) in [6.45, 7) is 0.437. The molecule has 0 atom stereocenters. The van der Waals surface area contributed by atoms with Gasteiger partial charge in [-0.1, -0.05) is 12.8 Å². The molecule has 1 heterocycles. The minimum atomic E-state index is -0.335. The van der Waals surface area contributed by atoms with Gasteiger partial charge in [0, 0.05) is 12.0 Å². The van der Waals surface area contributed by atoms with Crippen LogP contribution in [0.3, 0.4) is 0 Å². The van der Waals surface area contributed by atoms with E-state index < -0.39 is 0 Å². The molecule has 0 aliphatic heterocycles. The molecule has 1 fully saturated rings. The molecule has 0 radical (unpaired) electrons. The van der Waals surface area contributed by atoms with E-state index in [9.17, 15) is 4.79 Å². The van der Waals surface area contributed by atoms with Crippen molar-refractivity contribution in [2.75, 3.05) is 6.54 Å². The molecule has 2 rings (SSSR count). The molecule has 1 saturated carbocycles. The predicted octanol–water partition coefficient (Wildman–Crippen LogP) is 1.98. The molecule has 3 nitrogen and oxygen atoms in total. The molecule has 1 aromatic rings. The van der Waals surface area contributed by atoms with Gasteiger partial charge in [-0.25, -0.2) is 0 Å². The van der Waals surface area contributed by atoms with E-state index in [2.05, 4.69) is 0 Å². The van der Waals surface area contributed by atoms with E-state index in [-0.39, 0.29) is 11.2 Å². The zero-order chi connectivity index (χ0) is 10.0. The van der Waals surface area contributed by atoms with Crippen LogP contribution >= 0.6 is 0 Å². The van der Waals surface area contributed by atoms with E-state index in [0.29, 0.717) is 12.3 Å². The molecule has 0 amide bonds. The van der Waals surface area contributed by atoms with Gasteiger partial charge in [-0.2, -0.15) is 0 Å². The molecule has 3 heteroatoms. The highest BCUT2D eigenvalue weighted by atomic mass is 16.3. The number of carbonyl (C=O) groups excluding carboxylic acids is 1. The van der Waals surface area contributed by atoms with Gasteiger partial charge < -0.3 is 10.2 Å². The number of hydrogen-bond acceptors (Lipinski definition) is 3. The highest BCUT2D eigenvalue weighted by molar-refractivity contribution is 5.98. The summed E-state index contributed by atoms with van der Waals surface area (Å²) >= 11 is 0. The number of hydrogen-bond donors (Lipinski definition) is 1. The summed E-state index contributed by atoms with van der Waals surface area (Å²) in [5.41, 5.74) is 5.38. The zero-order valence-corrected chi connectivity index (χ0v) is 8.16. The Morgan fingerprint density at radius 3 is 2.71 bits per heavy atom. The van der Waals surface area contributed by atoms with Gasteiger partial charge in [0.1, 0.15) is 0 Å². The second-order valence-corrected chi connectivity index (χ2v) is 4.00. The van der Waals surface area contributed by atoms with E-state index in [0.717, 1.165) is 25.7 Å². The second kappa shape index (κ2) is 3.58. The average Bonchev–Trinajstić information content (AvgIpc) is 2.89. The van der Waals surface area contributed by atoms with E-state index in [1.807, 2.05) is 0 Å². The van der Waals surface area contributed by atoms with Crippen molar-refractivity contribution in [2.45, 2.75) is 25.7 Å². The number of nitrogens with two attached hydrogens (primary N) is 1. The Morgan fingerprint density at radius 2 is 2.21 bits per heavy atom. The minimum Gasteiger partial charge on any atom is -0.461 e. The molecule has 1 aromatic heterocycles. The molecule has 14 heavy (non-hydrogen) atoms. The van der Waals surface area contributed by atoms with E-state index >= 15 is 0 Å². The van der Waals surface area contributed by atoms with Crippen LogP contribution in [0.4, 0.5) is 0 Å². The molecule has 0 saturated heterocycles. The average molecular weight is 193 g/mol. The first-order valence-corrected chi connectivity index (χ1v) is 5.07. The molecule has 0 spiro atoms. The normalized spacial score (nSPS) is 19.8. The zero-order valence-electron chi connectivity index (χ0n) is 8.16. The van der Waals surface area contributed by atoms with Crippen molar-refractivity contribution in [3.8, 4) is 0 Å². The van der Waals surface area contributed by atoms with Crippen LogP contribution in [0.5, 0.6) is 0 Å². The van der Waals surface area contributed by atoms with Crippen LogP contribution in [-0.4, -0.2) is 12.3 Å². The topological polar surface area (TPSA) is 56.2 Å². The molecule has 1 aliphatic rings. The SMILES string of the molecule is NCC1(C(=O)c2ccco2)CCCC1. The number of ketones is 1. The Hall–Kier alpha value is -1.09. The van der Waals surface area contributed by atoms with Crippen molar-refractivity contribution >= 4 is 5.78 Å². The first-order chi connectivity index (χ1) is 6.78. The van der Waals surface area contributed by atoms with Crippen LogP contribution < -0.4 is 5.73 Å². The van der Waals surface area contributed by atoms with E-state index in [4.69, 9.17) is 10.2 Å². The summed E-state index contributed by atoms with van der Waals surface area (Å²) in [5.74, 6) is 0.542. The lowest BCUT2D eigenvalue weighted by Crippen LogP contribution is -2.35. The molecule has 0 bridgehead atoms. The number of rotatable bonds is 3. The molecular weight excluding hydrogens is 178 g/mol. The standard InChI is InChI=1S/C11H15NO2/c12-8-11(5-1-2-6-11)10(13)9-4-3-7-14-9/h3-4,7H,1-2,5-6,8,12H2. The maximum absolute atomic E-state index is 12.1. The summed E-state index contributed by atoms with van der Waals surface area (Å²) in [7, 11) is 0. The maximum Gasteiger partial charge on any atom is 0.205 e. The third-order valence-electron chi connectivity index (χ3n) is 3.18. The van der Waals surface area contributed by atoms with Crippen LogP contribution in [0, 0.1) is 5.41 Å². The smallest absolute Gasteiger partial charge is 0.205 e. The molecule has 76 valence electrons. The summed E-state index contributed by atoms with van der Waals surface area (Å²) < 4.78 is 5.13. The third-order valence-corrected chi connectivity index (χ3v) is 3.18. The lowest BCUT2D eigenvalue weighted by molar-refractivity contribution is 0.0779. The monoisotopic (exact) mass is 193 g/mol. The molecule has 0 aromatic carbocycles. The van der Waals surface area contributed by atoms with Crippen molar-refractivity contribution < 1.29 is 9.21 Å². The van der Waals surface area contributed by atoms with Crippen LogP contribution in [0.1, 0.15) is 36.2 Å². The van der Waals surface area contributed by atoms with E-state index in [1.54, 1.807) is 12.1 Å². The fourth-order valence-corrected chi connectivity index (χ4v) is 2.24. The first-order valence-electron chi connectivity index (χ1n) is 5.07. The van der Waals surface area contributed by atoms with Crippen LogP contribution in [0.25, 0.3) is 0 Å². The Bertz CT molecular complexity index is 310. The Labute approximate surface area is 83.3 Å². The Kier molecular flexibility index (Phi) is 2.42. The lowest BCUT2D eigenvalue weighted by atomic mass is 9.81. The highest BCUT2D eigenvalue weighted by Crippen LogP contribution is 2.39. The third kappa shape index (κ3) is 1.38. The van der Waals surface area contributed by atoms with Gasteiger partial charge in [-0.3, -0.25) is 4.79 Å². The van der Waals surface area contributed by atoms with Crippen LogP contribution in [0.15, 0.2) is 22.8 Å². The summed E-state index contributed by atoms with van der Waals surface area (Å²) in [4.78, 5) is 12.1. The van der Waals surface area contributed by atoms with Gasteiger partial charge in [-0.15, -0.1) is 0 Å². The molecule has 1 aliphatic carbocycles. The molecule has 0 unspecified atom stereocenters. The van der Waals surface area contributed by atoms with Gasteiger partial charge in [-0.05, 0) is 25.0 Å². The Morgan fingerprint density at radius 1 is 1.50 bits per heavy atom. The van der Waals surface area contributed by atoms with Gasteiger partial charge in [0.25, 0.3) is 0 Å². The first kappa shape index (κ1) is 9.46. The van der Waals surface area contributed by atoms with Crippen molar-refractivity contribution in [3.63, 3.8) is 0 Å². The van der Waals surface area contributed by atoms with Gasteiger partial charge in [0.15, 0.2) is 5.76 Å². The van der Waals surface area contributed by atoms with Crippen molar-refractivity contribution in [3.05, 3.63) is 24.2 Å². The number of carbonyl (C=O) groups is 1. The summed E-state index contributed by atoms with van der Waals surface area (Å²) in [6.07, 6.45) is 5.55. The summed E-state index contributed by atoms with van der Waals surface area (Å²) in [6, 6.07) is 3.46. The predicted molar refractivity (Wildman–Crippen MR) is 53.0 cm³/mol. The summed E-state index contributed by atoms with van der Waals surface area (Å²) in [5, 5.41) is 0. The maximum atomic E-state index is 12.1. The molecular formula is C11H15NO2. The minimum absolute atomic E-state index is 0.0856. The van der Waals surface area contributed by atoms with E-state index in [1.165, 1.54) is 6.26 Å². The van der Waals surface area contributed by atoms with Gasteiger partial charge in [0.2, 0.25) is 5.78 Å². The van der Waals surface area contributed by atoms with Gasteiger partial charge in [0.05, 0.1) is 6.26 Å². The van der Waals surface area contributed by atoms with Crippen LogP contribution in [-0.2, 0) is 0 Å². The Balaban J connectivity index is 2.24. The largest absolute Gasteiger partial charge is 0.461 e. The quantitative estimate of drug-likeness (QED) is 0.747. The van der Waals surface area contributed by atoms with Gasteiger partial charge >= 0.3 is 0 Å². The second-order valence-electron chi connectivity index (χ2n) is 4.00. The molecule has 2 N–H and O–H groups in total. The van der Waals surface area contributed by atoms with Crippen molar-refractivity contribution in [1.29, 1.82) is 0 Å². The van der Waals surface area contributed by atoms with Crippen molar-refractivity contribution in [1.82, 2.24) is 0 Å². The van der Waals surface area contributed by atoms with Crippen molar-refractivity contribution in [2.24, 2.45) is 11.1 Å².